The van der Waals surface area contributed by atoms with Crippen LogP contribution in [-0.2, 0) is 16.1 Å². The number of nitriles is 1. The molecule has 3 N–H and O–H groups in total. The Hall–Kier alpha value is -3.42. The summed E-state index contributed by atoms with van der Waals surface area (Å²) in [5, 5.41) is 18.1. The maximum absolute atomic E-state index is 12.9. The van der Waals surface area contributed by atoms with E-state index in [4.69, 9.17) is 0 Å². The standard InChI is InChI=1S/C25H34N6O3S/c1-7-27-23(33)20(13-26)25-30(8-2)24(34)21(35-25)14-28-18-10-9-11-19(12-18)29-22(32)15-31(16(3)4)17(5)6/h9-12,14,16-17,28H,7-8,15H2,1-6H3,(H,27,33)(H,29,32). The molecule has 0 radical (unpaired) electrons. The number of hydrogen-bond donors (Lipinski definition) is 3. The monoisotopic (exact) mass is 498 g/mol. The van der Waals surface area contributed by atoms with Gasteiger partial charge in [-0.15, -0.1) is 11.3 Å². The number of thiazole rings is 1. The lowest BCUT2D eigenvalue weighted by molar-refractivity contribution is -0.118. The van der Waals surface area contributed by atoms with Gasteiger partial charge in [0.15, 0.2) is 5.57 Å². The third kappa shape index (κ3) is 7.28. The summed E-state index contributed by atoms with van der Waals surface area (Å²) in [4.78, 5) is 39.8. The molecule has 0 bridgehead atoms. The second-order valence-electron chi connectivity index (χ2n) is 8.44. The Morgan fingerprint density at radius 3 is 2.40 bits per heavy atom. The van der Waals surface area contributed by atoms with Crippen LogP contribution in [0.25, 0.3) is 11.8 Å². The highest BCUT2D eigenvalue weighted by Gasteiger charge is 2.17. The first kappa shape index (κ1) is 27.8. The van der Waals surface area contributed by atoms with Crippen molar-refractivity contribution in [2.45, 2.75) is 60.2 Å². The summed E-state index contributed by atoms with van der Waals surface area (Å²) >= 11 is 1.08. The molecule has 10 heteroatoms. The number of amides is 2. The van der Waals surface area contributed by atoms with Crippen LogP contribution in [0.15, 0.2) is 29.1 Å². The van der Waals surface area contributed by atoms with E-state index in [0.717, 1.165) is 11.3 Å². The van der Waals surface area contributed by atoms with Crippen molar-refractivity contribution < 1.29 is 9.59 Å². The molecule has 0 unspecified atom stereocenters. The fourth-order valence-electron chi connectivity index (χ4n) is 3.60. The molecule has 35 heavy (non-hydrogen) atoms. The summed E-state index contributed by atoms with van der Waals surface area (Å²) < 4.78 is 2.09. The fourth-order valence-corrected chi connectivity index (χ4v) is 4.69. The zero-order chi connectivity index (χ0) is 26.1. The maximum Gasteiger partial charge on any atom is 0.270 e. The Kier molecular flexibility index (Phi) is 10.2. The zero-order valence-corrected chi connectivity index (χ0v) is 22.0. The van der Waals surface area contributed by atoms with Gasteiger partial charge in [0.25, 0.3) is 11.5 Å². The van der Waals surface area contributed by atoms with Crippen molar-refractivity contribution in [1.29, 1.82) is 5.26 Å². The van der Waals surface area contributed by atoms with Gasteiger partial charge in [0.05, 0.1) is 6.54 Å². The maximum atomic E-state index is 12.9. The Morgan fingerprint density at radius 1 is 1.17 bits per heavy atom. The molecule has 2 aromatic rings. The van der Waals surface area contributed by atoms with Crippen LogP contribution in [0.1, 0.15) is 41.5 Å². The average Bonchev–Trinajstić information content (AvgIpc) is 3.11. The summed E-state index contributed by atoms with van der Waals surface area (Å²) in [6.45, 7) is 12.8. The summed E-state index contributed by atoms with van der Waals surface area (Å²) in [6, 6.07) is 9.61. The first-order valence-electron chi connectivity index (χ1n) is 11.7. The van der Waals surface area contributed by atoms with Gasteiger partial charge in [0.1, 0.15) is 15.3 Å². The van der Waals surface area contributed by atoms with Crippen molar-refractivity contribution >= 4 is 46.3 Å². The summed E-state index contributed by atoms with van der Waals surface area (Å²) in [6.07, 6.45) is 1.55. The van der Waals surface area contributed by atoms with Gasteiger partial charge in [0.2, 0.25) is 5.91 Å². The molecule has 188 valence electrons. The van der Waals surface area contributed by atoms with E-state index < -0.39 is 5.91 Å². The van der Waals surface area contributed by atoms with Gasteiger partial charge in [-0.3, -0.25) is 23.9 Å². The largest absolute Gasteiger partial charge is 0.360 e. The van der Waals surface area contributed by atoms with E-state index in [0.29, 0.717) is 33.7 Å². The Labute approximate surface area is 209 Å². The molecule has 0 aliphatic carbocycles. The first-order valence-corrected chi connectivity index (χ1v) is 12.5. The van der Waals surface area contributed by atoms with Gasteiger partial charge >= 0.3 is 0 Å². The lowest BCUT2D eigenvalue weighted by Crippen LogP contribution is -2.42. The van der Waals surface area contributed by atoms with Gasteiger partial charge in [-0.1, -0.05) is 6.07 Å². The number of carbonyl (C=O) groups is 2. The molecule has 9 nitrogen and oxygen atoms in total. The molecule has 0 aliphatic rings. The molecule has 0 saturated carbocycles. The zero-order valence-electron chi connectivity index (χ0n) is 21.1. The van der Waals surface area contributed by atoms with E-state index in [1.54, 1.807) is 38.2 Å². The molecule has 2 rings (SSSR count). The summed E-state index contributed by atoms with van der Waals surface area (Å²) in [7, 11) is 0. The quantitative estimate of drug-likeness (QED) is 0.458. The van der Waals surface area contributed by atoms with E-state index in [2.05, 4.69) is 48.5 Å². The molecular formula is C25H34N6O3S. The number of benzene rings is 1. The molecule has 0 atom stereocenters. The smallest absolute Gasteiger partial charge is 0.270 e. The van der Waals surface area contributed by atoms with Crippen LogP contribution in [-0.4, -0.2) is 46.5 Å². The van der Waals surface area contributed by atoms with Crippen LogP contribution in [0.4, 0.5) is 11.4 Å². The van der Waals surface area contributed by atoms with Gasteiger partial charge in [-0.05, 0) is 59.7 Å². The van der Waals surface area contributed by atoms with Crippen molar-refractivity contribution in [2.24, 2.45) is 0 Å². The van der Waals surface area contributed by atoms with Crippen molar-refractivity contribution in [2.75, 3.05) is 23.7 Å². The minimum Gasteiger partial charge on any atom is -0.360 e. The van der Waals surface area contributed by atoms with E-state index in [1.807, 2.05) is 12.1 Å². The van der Waals surface area contributed by atoms with Crippen molar-refractivity contribution in [3.63, 3.8) is 0 Å². The molecule has 1 heterocycles. The highest BCUT2D eigenvalue weighted by Crippen LogP contribution is 2.15. The van der Waals surface area contributed by atoms with Crippen molar-refractivity contribution in [3.05, 3.63) is 43.8 Å². The number of nitrogens with zero attached hydrogens (tertiary/aromatic N) is 3. The fraction of sp³-hybridized carbons (Fsp3) is 0.440. The molecule has 1 aromatic heterocycles. The molecule has 0 aliphatic heterocycles. The number of carbonyl (C=O) groups excluding carboxylic acids is 2. The van der Waals surface area contributed by atoms with Crippen LogP contribution < -0.4 is 30.7 Å². The van der Waals surface area contributed by atoms with Crippen LogP contribution in [0.3, 0.4) is 0 Å². The molecule has 0 spiro atoms. The molecular weight excluding hydrogens is 464 g/mol. The average molecular weight is 499 g/mol. The van der Waals surface area contributed by atoms with Crippen LogP contribution in [0, 0.1) is 11.3 Å². The predicted octanol–water partition coefficient (Wildman–Crippen LogP) is 1.65. The van der Waals surface area contributed by atoms with E-state index >= 15 is 0 Å². The highest BCUT2D eigenvalue weighted by atomic mass is 32.1. The van der Waals surface area contributed by atoms with Gasteiger partial charge in [-0.2, -0.15) is 5.26 Å². The van der Waals surface area contributed by atoms with Gasteiger partial charge in [0, 0.05) is 42.7 Å². The van der Waals surface area contributed by atoms with Gasteiger partial charge in [-0.25, -0.2) is 0 Å². The van der Waals surface area contributed by atoms with E-state index in [9.17, 15) is 19.6 Å². The number of aromatic nitrogens is 1. The normalized spacial score (nSPS) is 12.6. The van der Waals surface area contributed by atoms with Crippen LogP contribution in [0.2, 0.25) is 0 Å². The Bertz CT molecular complexity index is 1260. The molecule has 0 fully saturated rings. The van der Waals surface area contributed by atoms with Crippen molar-refractivity contribution in [1.82, 2.24) is 14.8 Å². The summed E-state index contributed by atoms with van der Waals surface area (Å²) in [5.74, 6) is -0.609. The third-order valence-electron chi connectivity index (χ3n) is 5.28. The first-order chi connectivity index (χ1) is 16.6. The highest BCUT2D eigenvalue weighted by molar-refractivity contribution is 7.07. The van der Waals surface area contributed by atoms with E-state index in [1.165, 1.54) is 4.57 Å². The second kappa shape index (κ2) is 12.9. The van der Waals surface area contributed by atoms with Gasteiger partial charge < -0.3 is 16.0 Å². The minimum atomic E-state index is -0.505. The lowest BCUT2D eigenvalue weighted by atomic mass is 10.2. The van der Waals surface area contributed by atoms with Crippen LogP contribution >= 0.6 is 11.3 Å². The summed E-state index contributed by atoms with van der Waals surface area (Å²) in [5.41, 5.74) is 0.939. The number of hydrogen-bond acceptors (Lipinski definition) is 7. The van der Waals surface area contributed by atoms with Crippen molar-refractivity contribution in [3.8, 4) is 6.07 Å². The number of rotatable bonds is 10. The SMILES string of the molecule is CCNC(=O)C(C#N)=c1sc(=CNc2cccc(NC(=O)CN(C(C)C)C(C)C)c2)c(=O)n1CC. The third-order valence-corrected chi connectivity index (χ3v) is 6.41. The molecule has 1 aromatic carbocycles. The second-order valence-corrected chi connectivity index (χ2v) is 9.48. The predicted molar refractivity (Wildman–Crippen MR) is 141 cm³/mol. The van der Waals surface area contributed by atoms with Crippen LogP contribution in [0.5, 0.6) is 0 Å². The number of nitrogens with one attached hydrogen (secondary N) is 3. The Morgan fingerprint density at radius 2 is 1.83 bits per heavy atom. The molecule has 0 saturated heterocycles. The number of anilines is 2. The molecule has 2 amide bonds. The minimum absolute atomic E-state index is 0.0861. The Balaban J connectivity index is 2.30. The van der Waals surface area contributed by atoms with E-state index in [-0.39, 0.29) is 35.7 Å². The topological polar surface area (TPSA) is 119 Å². The lowest BCUT2D eigenvalue weighted by Gasteiger charge is -2.29.